The lowest BCUT2D eigenvalue weighted by atomic mass is 10.1. The minimum absolute atomic E-state index is 0.0631. The molecule has 1 unspecified atom stereocenters. The number of fused-ring (bicyclic) bond motifs is 1. The predicted octanol–water partition coefficient (Wildman–Crippen LogP) is 3.23. The lowest BCUT2D eigenvalue weighted by molar-refractivity contribution is 0.0954. The van der Waals surface area contributed by atoms with Crippen LogP contribution in [0.15, 0.2) is 36.5 Å². The van der Waals surface area contributed by atoms with E-state index in [1.165, 1.54) is 0 Å². The Morgan fingerprint density at radius 3 is 2.79 bits per heavy atom. The number of halogens is 1. The van der Waals surface area contributed by atoms with Crippen molar-refractivity contribution in [3.63, 3.8) is 0 Å². The molecule has 2 rings (SSSR count). The molecule has 1 amide bonds. The van der Waals surface area contributed by atoms with E-state index in [9.17, 15) is 4.79 Å². The van der Waals surface area contributed by atoms with Crippen molar-refractivity contribution in [1.82, 2.24) is 10.3 Å². The van der Waals surface area contributed by atoms with Crippen LogP contribution in [0.1, 0.15) is 24.2 Å². The summed E-state index contributed by atoms with van der Waals surface area (Å²) in [6.45, 7) is 4.52. The van der Waals surface area contributed by atoms with Crippen molar-refractivity contribution >= 4 is 28.4 Å². The minimum Gasteiger partial charge on any atom is -0.350 e. The zero-order valence-electron chi connectivity index (χ0n) is 11.1. The van der Waals surface area contributed by atoms with Crippen molar-refractivity contribution in [2.75, 3.05) is 6.54 Å². The van der Waals surface area contributed by atoms with Crippen LogP contribution in [0.25, 0.3) is 10.9 Å². The molecule has 0 saturated carbocycles. The van der Waals surface area contributed by atoms with Gasteiger partial charge in [-0.15, -0.1) is 11.6 Å². The molecule has 2 aromatic rings. The molecule has 0 spiro atoms. The van der Waals surface area contributed by atoms with Crippen molar-refractivity contribution in [3.8, 4) is 0 Å². The molecule has 4 heteroatoms. The van der Waals surface area contributed by atoms with Gasteiger partial charge in [-0.1, -0.05) is 32.0 Å². The smallest absolute Gasteiger partial charge is 0.253 e. The highest BCUT2D eigenvalue weighted by atomic mass is 35.5. The van der Waals surface area contributed by atoms with Gasteiger partial charge in [-0.05, 0) is 18.1 Å². The predicted molar refractivity (Wildman–Crippen MR) is 78.6 cm³/mol. The average Bonchev–Trinajstić information content (AvgIpc) is 2.43. The number of amides is 1. The zero-order chi connectivity index (χ0) is 13.8. The van der Waals surface area contributed by atoms with Crippen molar-refractivity contribution in [1.29, 1.82) is 0 Å². The Balaban J connectivity index is 2.18. The normalized spacial score (nSPS) is 12.6. The van der Waals surface area contributed by atoms with Gasteiger partial charge in [-0.2, -0.15) is 0 Å². The van der Waals surface area contributed by atoms with E-state index >= 15 is 0 Å². The molecule has 0 radical (unpaired) electrons. The molecule has 19 heavy (non-hydrogen) atoms. The minimum atomic E-state index is -0.129. The first-order chi connectivity index (χ1) is 9.09. The second kappa shape index (κ2) is 6.02. The molecular formula is C15H17ClN2O. The first-order valence-corrected chi connectivity index (χ1v) is 6.79. The monoisotopic (exact) mass is 276 g/mol. The standard InChI is InChI=1S/C15H17ClN2O/c1-10(2)13(16)9-18-15(19)12-7-3-5-11-6-4-8-17-14(11)12/h3-8,10,13H,9H2,1-2H3,(H,18,19). The first kappa shape index (κ1) is 13.8. The number of nitrogens with one attached hydrogen (secondary N) is 1. The zero-order valence-corrected chi connectivity index (χ0v) is 11.8. The fourth-order valence-electron chi connectivity index (χ4n) is 1.81. The van der Waals surface area contributed by atoms with E-state index in [0.717, 1.165) is 10.9 Å². The van der Waals surface area contributed by atoms with Crippen molar-refractivity contribution < 1.29 is 4.79 Å². The van der Waals surface area contributed by atoms with Crippen LogP contribution in [-0.2, 0) is 0 Å². The van der Waals surface area contributed by atoms with Gasteiger partial charge in [0, 0.05) is 18.1 Å². The van der Waals surface area contributed by atoms with Crippen LogP contribution in [0.4, 0.5) is 0 Å². The van der Waals surface area contributed by atoms with Crippen LogP contribution < -0.4 is 5.32 Å². The van der Waals surface area contributed by atoms with Crippen LogP contribution in [0.3, 0.4) is 0 Å². The van der Waals surface area contributed by atoms with Gasteiger partial charge in [0.2, 0.25) is 0 Å². The lowest BCUT2D eigenvalue weighted by Gasteiger charge is -2.14. The number of carbonyl (C=O) groups excluding carboxylic acids is 1. The highest BCUT2D eigenvalue weighted by molar-refractivity contribution is 6.21. The number of hydrogen-bond acceptors (Lipinski definition) is 2. The molecule has 0 aliphatic carbocycles. The molecule has 0 fully saturated rings. The van der Waals surface area contributed by atoms with E-state index in [1.54, 1.807) is 12.3 Å². The number of rotatable bonds is 4. The summed E-state index contributed by atoms with van der Waals surface area (Å²) in [5, 5.41) is 3.76. The third kappa shape index (κ3) is 3.24. The van der Waals surface area contributed by atoms with Crippen LogP contribution in [0.5, 0.6) is 0 Å². The number of alkyl halides is 1. The maximum Gasteiger partial charge on any atom is 0.253 e. The molecule has 100 valence electrons. The summed E-state index contributed by atoms with van der Waals surface area (Å²) < 4.78 is 0. The number of carbonyl (C=O) groups is 1. The van der Waals surface area contributed by atoms with E-state index in [0.29, 0.717) is 18.0 Å². The van der Waals surface area contributed by atoms with Crippen LogP contribution in [0, 0.1) is 5.92 Å². The summed E-state index contributed by atoms with van der Waals surface area (Å²) in [6.07, 6.45) is 1.69. The van der Waals surface area contributed by atoms with Crippen LogP contribution in [-0.4, -0.2) is 22.8 Å². The second-order valence-corrected chi connectivity index (χ2v) is 5.41. The van der Waals surface area contributed by atoms with Gasteiger partial charge < -0.3 is 5.32 Å². The first-order valence-electron chi connectivity index (χ1n) is 6.35. The van der Waals surface area contributed by atoms with E-state index in [4.69, 9.17) is 11.6 Å². The summed E-state index contributed by atoms with van der Waals surface area (Å²) in [5.74, 6) is 0.197. The number of hydrogen-bond donors (Lipinski definition) is 1. The quantitative estimate of drug-likeness (QED) is 0.871. The molecule has 3 nitrogen and oxygen atoms in total. The number of nitrogens with zero attached hydrogens (tertiary/aromatic N) is 1. The van der Waals surface area contributed by atoms with E-state index in [2.05, 4.69) is 10.3 Å². The van der Waals surface area contributed by atoms with E-state index in [1.807, 2.05) is 38.1 Å². The maximum absolute atomic E-state index is 12.2. The van der Waals surface area contributed by atoms with Crippen LogP contribution >= 0.6 is 11.6 Å². The van der Waals surface area contributed by atoms with Gasteiger partial charge in [0.05, 0.1) is 16.5 Å². The fourth-order valence-corrected chi connectivity index (χ4v) is 1.89. The van der Waals surface area contributed by atoms with E-state index in [-0.39, 0.29) is 11.3 Å². The van der Waals surface area contributed by atoms with Gasteiger partial charge in [0.1, 0.15) is 0 Å². The Bertz CT molecular complexity index is 578. The highest BCUT2D eigenvalue weighted by Crippen LogP contribution is 2.16. The van der Waals surface area contributed by atoms with E-state index < -0.39 is 0 Å². The van der Waals surface area contributed by atoms with Crippen molar-refractivity contribution in [2.24, 2.45) is 5.92 Å². The molecule has 1 aromatic carbocycles. The maximum atomic E-state index is 12.2. The van der Waals surface area contributed by atoms with Crippen molar-refractivity contribution in [3.05, 3.63) is 42.1 Å². The van der Waals surface area contributed by atoms with Crippen LogP contribution in [0.2, 0.25) is 0 Å². The molecule has 1 atom stereocenters. The Hall–Kier alpha value is -1.61. The van der Waals surface area contributed by atoms with Gasteiger partial charge in [0.15, 0.2) is 0 Å². The average molecular weight is 277 g/mol. The molecule has 0 saturated heterocycles. The summed E-state index contributed by atoms with van der Waals surface area (Å²) >= 11 is 6.14. The molecule has 1 aromatic heterocycles. The molecule has 0 aliphatic heterocycles. The number of aromatic nitrogens is 1. The van der Waals surface area contributed by atoms with Gasteiger partial charge in [-0.3, -0.25) is 9.78 Å². The molecule has 0 bridgehead atoms. The van der Waals surface area contributed by atoms with Gasteiger partial charge >= 0.3 is 0 Å². The van der Waals surface area contributed by atoms with Gasteiger partial charge in [-0.25, -0.2) is 0 Å². The fraction of sp³-hybridized carbons (Fsp3) is 0.333. The Morgan fingerprint density at radius 2 is 2.05 bits per heavy atom. The largest absolute Gasteiger partial charge is 0.350 e. The molecule has 1 heterocycles. The molecule has 1 N–H and O–H groups in total. The number of para-hydroxylation sites is 1. The van der Waals surface area contributed by atoms with Crippen molar-refractivity contribution in [2.45, 2.75) is 19.2 Å². The summed E-state index contributed by atoms with van der Waals surface area (Å²) in [5.41, 5.74) is 1.31. The Morgan fingerprint density at radius 1 is 1.32 bits per heavy atom. The number of pyridine rings is 1. The molecule has 0 aliphatic rings. The SMILES string of the molecule is CC(C)C(Cl)CNC(=O)c1cccc2cccnc12. The number of benzene rings is 1. The Kier molecular flexibility index (Phi) is 4.38. The summed E-state index contributed by atoms with van der Waals surface area (Å²) in [6, 6.07) is 9.38. The topological polar surface area (TPSA) is 42.0 Å². The molecular weight excluding hydrogens is 260 g/mol. The van der Waals surface area contributed by atoms with Gasteiger partial charge in [0.25, 0.3) is 5.91 Å². The lowest BCUT2D eigenvalue weighted by Crippen LogP contribution is -2.32. The Labute approximate surface area is 118 Å². The summed E-state index contributed by atoms with van der Waals surface area (Å²) in [4.78, 5) is 16.4. The summed E-state index contributed by atoms with van der Waals surface area (Å²) in [7, 11) is 0. The second-order valence-electron chi connectivity index (χ2n) is 4.85. The third-order valence-electron chi connectivity index (χ3n) is 3.06. The third-order valence-corrected chi connectivity index (χ3v) is 3.72. The highest BCUT2D eigenvalue weighted by Gasteiger charge is 2.14.